The average Bonchev–Trinajstić information content (AvgIpc) is 3.15. The minimum absolute atomic E-state index is 0.125. The molecule has 0 aromatic heterocycles. The molecule has 1 aliphatic heterocycles. The Kier molecular flexibility index (Phi) is 3.51. The molecule has 1 aliphatic carbocycles. The second kappa shape index (κ2) is 5.05. The predicted molar refractivity (Wildman–Crippen MR) is 79.9 cm³/mol. The molecule has 1 fully saturated rings. The van der Waals surface area contributed by atoms with Crippen LogP contribution in [-0.2, 0) is 0 Å². The number of rotatable bonds is 5. The van der Waals surface area contributed by atoms with Crippen LogP contribution in [0.4, 0.5) is 0 Å². The molecule has 0 amide bonds. The predicted octanol–water partition coefficient (Wildman–Crippen LogP) is 3.04. The molecule has 1 saturated carbocycles. The maximum Gasteiger partial charge on any atom is 0.124 e. The zero-order chi connectivity index (χ0) is 14.2. The SMILES string of the molecule is CC1(C)CC(NCC2(CCO)CC2)c2ccccc2O1. The van der Waals surface area contributed by atoms with Crippen LogP contribution in [-0.4, -0.2) is 23.9 Å². The van der Waals surface area contributed by atoms with E-state index in [2.05, 4.69) is 37.4 Å². The zero-order valence-electron chi connectivity index (χ0n) is 12.5. The van der Waals surface area contributed by atoms with Gasteiger partial charge in [-0.2, -0.15) is 0 Å². The van der Waals surface area contributed by atoms with E-state index in [1.54, 1.807) is 0 Å². The lowest BCUT2D eigenvalue weighted by atomic mass is 9.89. The third kappa shape index (κ3) is 2.84. The van der Waals surface area contributed by atoms with E-state index < -0.39 is 0 Å². The highest BCUT2D eigenvalue weighted by Crippen LogP contribution is 2.49. The lowest BCUT2D eigenvalue weighted by Gasteiger charge is -2.38. The number of fused-ring (bicyclic) bond motifs is 1. The zero-order valence-corrected chi connectivity index (χ0v) is 12.5. The monoisotopic (exact) mass is 275 g/mol. The first-order valence-electron chi connectivity index (χ1n) is 7.66. The van der Waals surface area contributed by atoms with Gasteiger partial charge in [-0.25, -0.2) is 0 Å². The minimum atomic E-state index is -0.125. The van der Waals surface area contributed by atoms with Crippen LogP contribution >= 0.6 is 0 Å². The van der Waals surface area contributed by atoms with E-state index in [0.29, 0.717) is 18.1 Å². The molecular weight excluding hydrogens is 250 g/mol. The lowest BCUT2D eigenvalue weighted by Crippen LogP contribution is -2.41. The van der Waals surface area contributed by atoms with Crippen molar-refractivity contribution in [3.05, 3.63) is 29.8 Å². The Labute approximate surface area is 121 Å². The van der Waals surface area contributed by atoms with Gasteiger partial charge < -0.3 is 15.2 Å². The summed E-state index contributed by atoms with van der Waals surface area (Å²) in [6.07, 6.45) is 4.40. The topological polar surface area (TPSA) is 41.5 Å². The number of hydrogen-bond acceptors (Lipinski definition) is 3. The minimum Gasteiger partial charge on any atom is -0.487 e. The van der Waals surface area contributed by atoms with Crippen molar-refractivity contribution in [3.63, 3.8) is 0 Å². The van der Waals surface area contributed by atoms with Gasteiger partial charge in [0, 0.05) is 31.2 Å². The van der Waals surface area contributed by atoms with Crippen molar-refractivity contribution in [1.29, 1.82) is 0 Å². The highest BCUT2D eigenvalue weighted by atomic mass is 16.5. The molecular formula is C17H25NO2. The van der Waals surface area contributed by atoms with Crippen LogP contribution in [0.5, 0.6) is 5.75 Å². The number of para-hydroxylation sites is 1. The number of nitrogens with one attached hydrogen (secondary N) is 1. The molecule has 0 saturated heterocycles. The number of aliphatic hydroxyl groups is 1. The molecule has 3 nitrogen and oxygen atoms in total. The van der Waals surface area contributed by atoms with E-state index in [1.165, 1.54) is 18.4 Å². The van der Waals surface area contributed by atoms with Gasteiger partial charge in [-0.05, 0) is 44.6 Å². The smallest absolute Gasteiger partial charge is 0.124 e. The maximum absolute atomic E-state index is 9.17. The van der Waals surface area contributed by atoms with Gasteiger partial charge in [0.1, 0.15) is 11.4 Å². The summed E-state index contributed by atoms with van der Waals surface area (Å²) in [6, 6.07) is 8.69. The summed E-state index contributed by atoms with van der Waals surface area (Å²) in [5, 5.41) is 12.9. The molecule has 0 spiro atoms. The van der Waals surface area contributed by atoms with E-state index in [9.17, 15) is 5.11 Å². The average molecular weight is 275 g/mol. The molecule has 1 atom stereocenters. The fourth-order valence-corrected chi connectivity index (χ4v) is 3.25. The summed E-state index contributed by atoms with van der Waals surface area (Å²) in [5.41, 5.74) is 1.50. The normalized spacial score (nSPS) is 25.6. The number of hydrogen-bond donors (Lipinski definition) is 2. The number of aliphatic hydroxyl groups excluding tert-OH is 1. The molecule has 2 N–H and O–H groups in total. The second-order valence-electron chi connectivity index (χ2n) is 7.01. The lowest BCUT2D eigenvalue weighted by molar-refractivity contribution is 0.0645. The van der Waals surface area contributed by atoms with Gasteiger partial charge in [0.2, 0.25) is 0 Å². The van der Waals surface area contributed by atoms with Crippen LogP contribution in [0.15, 0.2) is 24.3 Å². The third-order valence-electron chi connectivity index (χ3n) is 4.70. The van der Waals surface area contributed by atoms with Crippen LogP contribution in [0.3, 0.4) is 0 Å². The Morgan fingerprint density at radius 3 is 2.75 bits per heavy atom. The Morgan fingerprint density at radius 1 is 1.30 bits per heavy atom. The molecule has 3 heteroatoms. The molecule has 0 bridgehead atoms. The summed E-state index contributed by atoms with van der Waals surface area (Å²) in [7, 11) is 0. The maximum atomic E-state index is 9.17. The van der Waals surface area contributed by atoms with E-state index in [1.807, 2.05) is 6.07 Å². The fourth-order valence-electron chi connectivity index (χ4n) is 3.25. The largest absolute Gasteiger partial charge is 0.487 e. The number of ether oxygens (including phenoxy) is 1. The van der Waals surface area contributed by atoms with Crippen molar-refractivity contribution in [2.45, 2.75) is 51.2 Å². The summed E-state index contributed by atoms with van der Waals surface area (Å²) >= 11 is 0. The quantitative estimate of drug-likeness (QED) is 0.868. The van der Waals surface area contributed by atoms with Crippen molar-refractivity contribution < 1.29 is 9.84 Å². The van der Waals surface area contributed by atoms with Gasteiger partial charge in [-0.1, -0.05) is 18.2 Å². The first-order valence-corrected chi connectivity index (χ1v) is 7.66. The fraction of sp³-hybridized carbons (Fsp3) is 0.647. The first kappa shape index (κ1) is 13.9. The van der Waals surface area contributed by atoms with Crippen LogP contribution in [0, 0.1) is 5.41 Å². The molecule has 0 radical (unpaired) electrons. The first-order chi connectivity index (χ1) is 9.54. The van der Waals surface area contributed by atoms with E-state index in [0.717, 1.165) is 25.1 Å². The van der Waals surface area contributed by atoms with Crippen molar-refractivity contribution in [2.75, 3.05) is 13.2 Å². The second-order valence-corrected chi connectivity index (χ2v) is 7.01. The van der Waals surface area contributed by atoms with Crippen LogP contribution in [0.2, 0.25) is 0 Å². The summed E-state index contributed by atoms with van der Waals surface area (Å²) < 4.78 is 6.06. The van der Waals surface area contributed by atoms with E-state index in [4.69, 9.17) is 4.74 Å². The van der Waals surface area contributed by atoms with Gasteiger partial charge in [-0.3, -0.25) is 0 Å². The summed E-state index contributed by atoms with van der Waals surface area (Å²) in [6.45, 7) is 5.61. The molecule has 1 aromatic carbocycles. The standard InChI is InChI=1S/C17H25NO2/c1-16(2)11-14(13-5-3-4-6-15(13)20-16)18-12-17(7-8-17)9-10-19/h3-6,14,18-19H,7-12H2,1-2H3. The Morgan fingerprint density at radius 2 is 2.05 bits per heavy atom. The van der Waals surface area contributed by atoms with Gasteiger partial charge in [-0.15, -0.1) is 0 Å². The highest BCUT2D eigenvalue weighted by molar-refractivity contribution is 5.38. The molecule has 1 heterocycles. The molecule has 1 aromatic rings. The molecule has 110 valence electrons. The van der Waals surface area contributed by atoms with Crippen molar-refractivity contribution in [3.8, 4) is 5.75 Å². The van der Waals surface area contributed by atoms with Crippen molar-refractivity contribution in [1.82, 2.24) is 5.32 Å². The third-order valence-corrected chi connectivity index (χ3v) is 4.70. The van der Waals surface area contributed by atoms with Crippen LogP contribution in [0.25, 0.3) is 0 Å². The Bertz CT molecular complexity index is 480. The molecule has 2 aliphatic rings. The van der Waals surface area contributed by atoms with Crippen LogP contribution < -0.4 is 10.1 Å². The summed E-state index contributed by atoms with van der Waals surface area (Å²) in [4.78, 5) is 0. The summed E-state index contributed by atoms with van der Waals surface area (Å²) in [5.74, 6) is 1.01. The van der Waals surface area contributed by atoms with Crippen LogP contribution in [0.1, 0.15) is 51.1 Å². The Hall–Kier alpha value is -1.06. The van der Waals surface area contributed by atoms with Gasteiger partial charge in [0.15, 0.2) is 0 Å². The van der Waals surface area contributed by atoms with Gasteiger partial charge >= 0.3 is 0 Å². The molecule has 20 heavy (non-hydrogen) atoms. The van der Waals surface area contributed by atoms with Crippen molar-refractivity contribution >= 4 is 0 Å². The molecule has 1 unspecified atom stereocenters. The number of benzene rings is 1. The van der Waals surface area contributed by atoms with Gasteiger partial charge in [0.05, 0.1) is 0 Å². The highest BCUT2D eigenvalue weighted by Gasteiger charge is 2.43. The van der Waals surface area contributed by atoms with Crippen molar-refractivity contribution in [2.24, 2.45) is 5.41 Å². The Balaban J connectivity index is 1.72. The van der Waals surface area contributed by atoms with Gasteiger partial charge in [0.25, 0.3) is 0 Å². The van der Waals surface area contributed by atoms with E-state index in [-0.39, 0.29) is 5.60 Å². The molecule has 3 rings (SSSR count). The van der Waals surface area contributed by atoms with E-state index >= 15 is 0 Å².